The molecule has 2 nitrogen and oxygen atoms in total. The maximum absolute atomic E-state index is 13.4. The summed E-state index contributed by atoms with van der Waals surface area (Å²) in [6.07, 6.45) is 0. The first-order chi connectivity index (χ1) is 6.07. The van der Waals surface area contributed by atoms with E-state index in [9.17, 15) is 9.50 Å². The van der Waals surface area contributed by atoms with Gasteiger partial charge in [0.15, 0.2) is 0 Å². The van der Waals surface area contributed by atoms with Crippen LogP contribution in [0.15, 0.2) is 16.6 Å². The van der Waals surface area contributed by atoms with E-state index in [-0.39, 0.29) is 17.9 Å². The van der Waals surface area contributed by atoms with Gasteiger partial charge in [0.1, 0.15) is 11.6 Å². The minimum atomic E-state index is -0.512. The highest BCUT2D eigenvalue weighted by molar-refractivity contribution is 9.10. The van der Waals surface area contributed by atoms with Crippen LogP contribution in [-0.4, -0.2) is 16.8 Å². The van der Waals surface area contributed by atoms with Crippen molar-refractivity contribution in [2.45, 2.75) is 12.8 Å². The van der Waals surface area contributed by atoms with Crippen LogP contribution in [0.3, 0.4) is 0 Å². The summed E-state index contributed by atoms with van der Waals surface area (Å²) in [5.41, 5.74) is 0.150. The van der Waals surface area contributed by atoms with E-state index >= 15 is 0 Å². The lowest BCUT2D eigenvalue weighted by atomic mass is 10.0. The van der Waals surface area contributed by atoms with Crippen molar-refractivity contribution in [1.82, 2.24) is 0 Å². The van der Waals surface area contributed by atoms with Crippen LogP contribution in [0.2, 0.25) is 0 Å². The van der Waals surface area contributed by atoms with Gasteiger partial charge in [-0.15, -0.1) is 0 Å². The molecule has 0 aliphatic heterocycles. The summed E-state index contributed by atoms with van der Waals surface area (Å²) in [5, 5.41) is 18.2. The third-order valence-electron chi connectivity index (χ3n) is 1.88. The Hall–Kier alpha value is -0.610. The van der Waals surface area contributed by atoms with Crippen LogP contribution in [0.25, 0.3) is 0 Å². The molecule has 0 amide bonds. The van der Waals surface area contributed by atoms with Crippen molar-refractivity contribution in [2.24, 2.45) is 0 Å². The normalized spacial score (nSPS) is 12.9. The van der Waals surface area contributed by atoms with Gasteiger partial charge in [-0.05, 0) is 28.1 Å². The standard InChI is InChI=1S/C9H10BrFO2/c1-5(4-12)8-7(13)3-2-6(10)9(8)11/h2-3,5,12-13H,4H2,1H3. The Kier molecular flexibility index (Phi) is 3.27. The molecule has 0 aliphatic carbocycles. The summed E-state index contributed by atoms with van der Waals surface area (Å²) < 4.78 is 13.7. The fraction of sp³-hybridized carbons (Fsp3) is 0.333. The molecule has 13 heavy (non-hydrogen) atoms. The summed E-state index contributed by atoms with van der Waals surface area (Å²) in [4.78, 5) is 0. The maximum atomic E-state index is 13.4. The molecule has 0 heterocycles. The van der Waals surface area contributed by atoms with Gasteiger partial charge in [0.25, 0.3) is 0 Å². The second kappa shape index (κ2) is 4.07. The van der Waals surface area contributed by atoms with Gasteiger partial charge in [0.2, 0.25) is 0 Å². The highest BCUT2D eigenvalue weighted by Crippen LogP contribution is 2.32. The van der Waals surface area contributed by atoms with Crippen LogP contribution in [0, 0.1) is 5.82 Å². The first kappa shape index (κ1) is 10.5. The fourth-order valence-corrected chi connectivity index (χ4v) is 1.46. The van der Waals surface area contributed by atoms with Crippen molar-refractivity contribution in [1.29, 1.82) is 0 Å². The van der Waals surface area contributed by atoms with Crippen LogP contribution in [0.5, 0.6) is 5.75 Å². The van der Waals surface area contributed by atoms with Gasteiger partial charge in [-0.25, -0.2) is 4.39 Å². The first-order valence-corrected chi connectivity index (χ1v) is 4.65. The average molecular weight is 249 g/mol. The largest absolute Gasteiger partial charge is 0.508 e. The number of benzene rings is 1. The molecule has 0 fully saturated rings. The molecule has 4 heteroatoms. The lowest BCUT2D eigenvalue weighted by Crippen LogP contribution is -2.02. The van der Waals surface area contributed by atoms with Gasteiger partial charge in [-0.1, -0.05) is 6.92 Å². The second-order valence-corrected chi connectivity index (χ2v) is 3.73. The number of rotatable bonds is 2. The monoisotopic (exact) mass is 248 g/mol. The number of aliphatic hydroxyl groups excluding tert-OH is 1. The van der Waals surface area contributed by atoms with E-state index < -0.39 is 11.7 Å². The Labute approximate surface area is 84.1 Å². The van der Waals surface area contributed by atoms with E-state index in [2.05, 4.69) is 15.9 Å². The number of aromatic hydroxyl groups is 1. The molecule has 1 unspecified atom stereocenters. The van der Waals surface area contributed by atoms with Crippen LogP contribution < -0.4 is 0 Å². The fourth-order valence-electron chi connectivity index (χ4n) is 1.12. The van der Waals surface area contributed by atoms with Gasteiger partial charge in [-0.2, -0.15) is 0 Å². The zero-order valence-corrected chi connectivity index (χ0v) is 8.68. The summed E-state index contributed by atoms with van der Waals surface area (Å²) in [7, 11) is 0. The molecule has 0 aromatic heterocycles. The second-order valence-electron chi connectivity index (χ2n) is 2.88. The molecule has 0 saturated carbocycles. The van der Waals surface area contributed by atoms with Crippen LogP contribution in [-0.2, 0) is 0 Å². The van der Waals surface area contributed by atoms with Gasteiger partial charge in [0.05, 0.1) is 4.47 Å². The third-order valence-corrected chi connectivity index (χ3v) is 2.49. The smallest absolute Gasteiger partial charge is 0.144 e. The van der Waals surface area contributed by atoms with Gasteiger partial charge < -0.3 is 10.2 Å². The molecule has 72 valence electrons. The van der Waals surface area contributed by atoms with Crippen molar-refractivity contribution < 1.29 is 14.6 Å². The Morgan fingerprint density at radius 1 is 1.54 bits per heavy atom. The van der Waals surface area contributed by atoms with E-state index in [1.54, 1.807) is 6.92 Å². The highest BCUT2D eigenvalue weighted by atomic mass is 79.9. The quantitative estimate of drug-likeness (QED) is 0.844. The molecule has 0 spiro atoms. The van der Waals surface area contributed by atoms with Crippen molar-refractivity contribution in [3.63, 3.8) is 0 Å². The first-order valence-electron chi connectivity index (χ1n) is 3.85. The molecule has 2 N–H and O–H groups in total. The summed E-state index contributed by atoms with van der Waals surface area (Å²) in [6, 6.07) is 2.83. The molecule has 1 rings (SSSR count). The molecule has 0 saturated heterocycles. The highest BCUT2D eigenvalue weighted by Gasteiger charge is 2.16. The lowest BCUT2D eigenvalue weighted by molar-refractivity contribution is 0.267. The van der Waals surface area contributed by atoms with Gasteiger partial charge >= 0.3 is 0 Å². The van der Waals surface area contributed by atoms with E-state index in [1.807, 2.05) is 0 Å². The maximum Gasteiger partial charge on any atom is 0.144 e. The zero-order chi connectivity index (χ0) is 10.0. The van der Waals surface area contributed by atoms with Crippen LogP contribution in [0.1, 0.15) is 18.4 Å². The van der Waals surface area contributed by atoms with E-state index in [1.165, 1.54) is 12.1 Å². The molecule has 0 bridgehead atoms. The number of halogens is 2. The molecule has 1 aromatic carbocycles. The topological polar surface area (TPSA) is 40.5 Å². The van der Waals surface area contributed by atoms with Gasteiger partial charge in [0, 0.05) is 18.1 Å². The Morgan fingerprint density at radius 2 is 2.15 bits per heavy atom. The minimum Gasteiger partial charge on any atom is -0.508 e. The van der Waals surface area contributed by atoms with Crippen LogP contribution >= 0.6 is 15.9 Å². The summed E-state index contributed by atoms with van der Waals surface area (Å²) >= 11 is 3.01. The summed E-state index contributed by atoms with van der Waals surface area (Å²) in [6.45, 7) is 1.45. The predicted octanol–water partition coefficient (Wildman–Crippen LogP) is 2.39. The Morgan fingerprint density at radius 3 is 2.69 bits per heavy atom. The average Bonchev–Trinajstić information content (AvgIpc) is 2.12. The number of hydrogen-bond donors (Lipinski definition) is 2. The molecule has 0 radical (unpaired) electrons. The van der Waals surface area contributed by atoms with Crippen LogP contribution in [0.4, 0.5) is 4.39 Å². The number of hydrogen-bond acceptors (Lipinski definition) is 2. The summed E-state index contributed by atoms with van der Waals surface area (Å²) in [5.74, 6) is -1.04. The molecule has 0 aliphatic rings. The number of phenols is 1. The van der Waals surface area contributed by atoms with Crippen molar-refractivity contribution >= 4 is 15.9 Å². The predicted molar refractivity (Wildman–Crippen MR) is 51.3 cm³/mol. The molecular weight excluding hydrogens is 239 g/mol. The number of phenolic OH excluding ortho intramolecular Hbond substituents is 1. The lowest BCUT2D eigenvalue weighted by Gasteiger charge is -2.12. The minimum absolute atomic E-state index is 0.123. The third kappa shape index (κ3) is 2.00. The van der Waals surface area contributed by atoms with E-state index in [4.69, 9.17) is 5.11 Å². The SMILES string of the molecule is CC(CO)c1c(O)ccc(Br)c1F. The van der Waals surface area contributed by atoms with E-state index in [0.29, 0.717) is 4.47 Å². The van der Waals surface area contributed by atoms with Crippen molar-refractivity contribution in [3.05, 3.63) is 28.0 Å². The zero-order valence-electron chi connectivity index (χ0n) is 7.09. The molecular formula is C9H10BrFO2. The van der Waals surface area contributed by atoms with E-state index in [0.717, 1.165) is 0 Å². The molecule has 1 aromatic rings. The van der Waals surface area contributed by atoms with Crippen molar-refractivity contribution in [3.8, 4) is 5.75 Å². The van der Waals surface area contributed by atoms with Crippen molar-refractivity contribution in [2.75, 3.05) is 6.61 Å². The molecule has 1 atom stereocenters. The number of aliphatic hydroxyl groups is 1. The Bertz CT molecular complexity index is 315. The van der Waals surface area contributed by atoms with Gasteiger partial charge in [-0.3, -0.25) is 0 Å². The Balaban J connectivity index is 3.25.